The Labute approximate surface area is 121 Å². The molecule has 8 heteroatoms. The lowest BCUT2D eigenvalue weighted by molar-refractivity contribution is 0.363. The summed E-state index contributed by atoms with van der Waals surface area (Å²) in [6.45, 7) is 9.02. The van der Waals surface area contributed by atoms with Gasteiger partial charge >= 0.3 is 0 Å². The molecule has 1 heterocycles. The number of hydrogen-bond acceptors (Lipinski definition) is 5. The average molecular weight is 303 g/mol. The lowest BCUT2D eigenvalue weighted by atomic mass is 10.4. The molecule has 0 aliphatic heterocycles. The van der Waals surface area contributed by atoms with E-state index in [4.69, 9.17) is 0 Å². The second-order valence-corrected chi connectivity index (χ2v) is 6.92. The van der Waals surface area contributed by atoms with Gasteiger partial charge in [-0.25, -0.2) is 13.4 Å². The molecule has 0 bridgehead atoms. The van der Waals surface area contributed by atoms with Crippen LogP contribution in [-0.2, 0) is 16.6 Å². The molecule has 1 aromatic heterocycles. The third-order valence-electron chi connectivity index (χ3n) is 2.76. The number of hydrazine groups is 1. The fourth-order valence-electron chi connectivity index (χ4n) is 2.03. The molecule has 0 atom stereocenters. The molecular weight excluding hydrogens is 278 g/mol. The Morgan fingerprint density at radius 2 is 1.90 bits per heavy atom. The molecule has 0 radical (unpaired) electrons. The third-order valence-corrected chi connectivity index (χ3v) is 4.50. The molecule has 0 aliphatic rings. The highest BCUT2D eigenvalue weighted by Gasteiger charge is 2.24. The Kier molecular flexibility index (Phi) is 5.69. The summed E-state index contributed by atoms with van der Waals surface area (Å²) in [5, 5.41) is 9.01. The molecule has 1 rings (SSSR count). The zero-order valence-electron chi connectivity index (χ0n) is 13.1. The molecule has 0 aliphatic carbocycles. The summed E-state index contributed by atoms with van der Waals surface area (Å²) in [5.41, 5.74) is 1.17. The van der Waals surface area contributed by atoms with E-state index in [-0.39, 0.29) is 4.90 Å². The highest BCUT2D eigenvalue weighted by atomic mass is 32.2. The highest BCUT2D eigenvalue weighted by Crippen LogP contribution is 2.19. The van der Waals surface area contributed by atoms with Crippen molar-refractivity contribution in [3.63, 3.8) is 0 Å². The molecule has 116 valence electrons. The van der Waals surface area contributed by atoms with Gasteiger partial charge in [-0.15, -0.1) is 4.83 Å². The number of aryl methyl sites for hydroxylation is 1. The number of nitrogens with one attached hydrogen (secondary N) is 2. The summed E-state index contributed by atoms with van der Waals surface area (Å²) < 4.78 is 26.2. The lowest BCUT2D eigenvalue weighted by Gasteiger charge is -2.13. The smallest absolute Gasteiger partial charge is 0.257 e. The van der Waals surface area contributed by atoms with Crippen molar-refractivity contribution in [2.75, 3.05) is 20.6 Å². The minimum Gasteiger partial charge on any atom is -0.313 e. The predicted molar refractivity (Wildman–Crippen MR) is 78.8 cm³/mol. The summed E-state index contributed by atoms with van der Waals surface area (Å²) in [5.74, 6) is 0. The molecule has 2 N–H and O–H groups in total. The summed E-state index contributed by atoms with van der Waals surface area (Å²) >= 11 is 0. The molecule has 0 fully saturated rings. The van der Waals surface area contributed by atoms with E-state index in [9.17, 15) is 8.42 Å². The number of sulfonamides is 1. The van der Waals surface area contributed by atoms with Crippen molar-refractivity contribution in [3.05, 3.63) is 11.4 Å². The molecule has 0 unspecified atom stereocenters. The summed E-state index contributed by atoms with van der Waals surface area (Å²) in [6, 6.07) is 0.394. The number of aromatic nitrogens is 2. The van der Waals surface area contributed by atoms with Crippen molar-refractivity contribution >= 4 is 10.0 Å². The van der Waals surface area contributed by atoms with E-state index in [1.54, 1.807) is 32.6 Å². The molecule has 0 saturated carbocycles. The van der Waals surface area contributed by atoms with Gasteiger partial charge in [0.05, 0.1) is 17.9 Å². The predicted octanol–water partition coefficient (Wildman–Crippen LogP) is 0.253. The maximum atomic E-state index is 12.3. The second-order valence-electron chi connectivity index (χ2n) is 5.32. The van der Waals surface area contributed by atoms with Gasteiger partial charge < -0.3 is 5.32 Å². The molecule has 0 amide bonds. The standard InChI is InChI=1S/C12H25N5O2S/c1-9(2)13-7-8-17-11(4)12(10(3)14-17)20(18,19)15-16(5)6/h9,13,15H,7-8H2,1-6H3. The van der Waals surface area contributed by atoms with Crippen LogP contribution >= 0.6 is 0 Å². The van der Waals surface area contributed by atoms with E-state index in [1.807, 2.05) is 0 Å². The van der Waals surface area contributed by atoms with Gasteiger partial charge in [-0.1, -0.05) is 13.8 Å². The Bertz CT molecular complexity index is 548. The molecule has 0 spiro atoms. The molecule has 7 nitrogen and oxygen atoms in total. The molecule has 0 saturated heterocycles. The molecule has 20 heavy (non-hydrogen) atoms. The molecule has 1 aromatic rings. The quantitative estimate of drug-likeness (QED) is 0.706. The maximum Gasteiger partial charge on any atom is 0.257 e. The molecular formula is C12H25N5O2S. The van der Waals surface area contributed by atoms with Crippen molar-refractivity contribution in [2.24, 2.45) is 0 Å². The Balaban J connectivity index is 2.97. The fourth-order valence-corrected chi connectivity index (χ4v) is 3.53. The SMILES string of the molecule is Cc1nn(CCNC(C)C)c(C)c1S(=O)(=O)NN(C)C. The lowest BCUT2D eigenvalue weighted by Crippen LogP contribution is -2.36. The third kappa shape index (κ3) is 4.27. The van der Waals surface area contributed by atoms with Crippen LogP contribution in [-0.4, -0.2) is 49.9 Å². The van der Waals surface area contributed by atoms with Gasteiger partial charge in [0.25, 0.3) is 10.0 Å². The van der Waals surface area contributed by atoms with Crippen LogP contribution in [0.1, 0.15) is 25.2 Å². The van der Waals surface area contributed by atoms with Crippen LogP contribution in [0.3, 0.4) is 0 Å². The summed E-state index contributed by atoms with van der Waals surface area (Å²) in [6.07, 6.45) is 0. The normalized spacial score (nSPS) is 12.6. The van der Waals surface area contributed by atoms with Crippen LogP contribution in [0.4, 0.5) is 0 Å². The van der Waals surface area contributed by atoms with Crippen LogP contribution < -0.4 is 10.1 Å². The molecule has 0 aromatic carbocycles. The summed E-state index contributed by atoms with van der Waals surface area (Å²) in [7, 11) is -0.293. The van der Waals surface area contributed by atoms with Crippen molar-refractivity contribution in [3.8, 4) is 0 Å². The first-order valence-corrected chi connectivity index (χ1v) is 8.10. The van der Waals surface area contributed by atoms with Gasteiger partial charge in [-0.2, -0.15) is 5.10 Å². The van der Waals surface area contributed by atoms with Crippen LogP contribution in [0.15, 0.2) is 4.90 Å². The summed E-state index contributed by atoms with van der Waals surface area (Å²) in [4.78, 5) is 2.70. The van der Waals surface area contributed by atoms with Crippen molar-refractivity contribution in [1.82, 2.24) is 24.9 Å². The van der Waals surface area contributed by atoms with E-state index < -0.39 is 10.0 Å². The topological polar surface area (TPSA) is 79.3 Å². The number of hydrogen-bond donors (Lipinski definition) is 2. The zero-order chi connectivity index (χ0) is 15.5. The van der Waals surface area contributed by atoms with Gasteiger partial charge in [-0.3, -0.25) is 4.68 Å². The average Bonchev–Trinajstić information content (AvgIpc) is 2.52. The van der Waals surface area contributed by atoms with Crippen LogP contribution in [0, 0.1) is 13.8 Å². The van der Waals surface area contributed by atoms with E-state index in [0.717, 1.165) is 6.54 Å². The van der Waals surface area contributed by atoms with E-state index >= 15 is 0 Å². The second kappa shape index (κ2) is 6.66. The number of rotatable bonds is 7. The maximum absolute atomic E-state index is 12.3. The van der Waals surface area contributed by atoms with Crippen molar-refractivity contribution in [1.29, 1.82) is 0 Å². The number of nitrogens with zero attached hydrogens (tertiary/aromatic N) is 3. The van der Waals surface area contributed by atoms with Gasteiger partial charge in [0, 0.05) is 26.7 Å². The van der Waals surface area contributed by atoms with Gasteiger partial charge in [0.1, 0.15) is 4.90 Å². The van der Waals surface area contributed by atoms with Crippen LogP contribution in [0.2, 0.25) is 0 Å². The largest absolute Gasteiger partial charge is 0.313 e. The first-order chi connectivity index (χ1) is 9.15. The minimum atomic E-state index is -3.57. The monoisotopic (exact) mass is 303 g/mol. The van der Waals surface area contributed by atoms with Crippen LogP contribution in [0.5, 0.6) is 0 Å². The van der Waals surface area contributed by atoms with E-state index in [2.05, 4.69) is 29.1 Å². The zero-order valence-corrected chi connectivity index (χ0v) is 13.9. The van der Waals surface area contributed by atoms with Crippen molar-refractivity contribution in [2.45, 2.75) is 45.2 Å². The highest BCUT2D eigenvalue weighted by molar-refractivity contribution is 7.89. The van der Waals surface area contributed by atoms with Gasteiger partial charge in [0.2, 0.25) is 0 Å². The Morgan fingerprint density at radius 3 is 2.40 bits per heavy atom. The van der Waals surface area contributed by atoms with E-state index in [0.29, 0.717) is 24.0 Å². The minimum absolute atomic E-state index is 0.260. The van der Waals surface area contributed by atoms with Gasteiger partial charge in [-0.05, 0) is 13.8 Å². The van der Waals surface area contributed by atoms with Gasteiger partial charge in [0.15, 0.2) is 0 Å². The Morgan fingerprint density at radius 1 is 1.30 bits per heavy atom. The fraction of sp³-hybridized carbons (Fsp3) is 0.750. The Hall–Kier alpha value is -0.960. The van der Waals surface area contributed by atoms with E-state index in [1.165, 1.54) is 5.01 Å². The van der Waals surface area contributed by atoms with Crippen LogP contribution in [0.25, 0.3) is 0 Å². The van der Waals surface area contributed by atoms with Crippen molar-refractivity contribution < 1.29 is 8.42 Å². The first kappa shape index (κ1) is 17.1. The first-order valence-electron chi connectivity index (χ1n) is 6.62.